The lowest BCUT2D eigenvalue weighted by atomic mass is 9.96. The number of hydrogen-bond acceptors (Lipinski definition) is 1. The summed E-state index contributed by atoms with van der Waals surface area (Å²) in [4.78, 5) is 12.4. The van der Waals surface area contributed by atoms with Crippen molar-refractivity contribution in [3.8, 4) is 0 Å². The molecule has 0 bridgehead atoms. The first-order valence-corrected chi connectivity index (χ1v) is 6.02. The van der Waals surface area contributed by atoms with E-state index in [0.29, 0.717) is 0 Å². The van der Waals surface area contributed by atoms with Crippen molar-refractivity contribution in [1.29, 1.82) is 0 Å². The van der Waals surface area contributed by atoms with Gasteiger partial charge in [0.15, 0.2) is 0 Å². The number of amides is 1. The SMILES string of the molecule is NC(=O)C1CC[NH+](Cc2cccc(F)c2)CC1. The van der Waals surface area contributed by atoms with Crippen molar-refractivity contribution < 1.29 is 14.1 Å². The number of nitrogens with one attached hydrogen (secondary N) is 1. The van der Waals surface area contributed by atoms with Crippen LogP contribution in [0.1, 0.15) is 18.4 Å². The number of likely N-dealkylation sites (tertiary alicyclic amines) is 1. The van der Waals surface area contributed by atoms with Crippen LogP contribution in [0.3, 0.4) is 0 Å². The lowest BCUT2D eigenvalue weighted by molar-refractivity contribution is -0.919. The maximum Gasteiger partial charge on any atom is 0.220 e. The second-order valence-corrected chi connectivity index (χ2v) is 4.73. The highest BCUT2D eigenvalue weighted by Crippen LogP contribution is 2.09. The molecule has 0 aliphatic carbocycles. The van der Waals surface area contributed by atoms with Crippen molar-refractivity contribution in [2.45, 2.75) is 19.4 Å². The molecule has 1 aliphatic rings. The van der Waals surface area contributed by atoms with E-state index in [0.717, 1.165) is 38.0 Å². The predicted molar refractivity (Wildman–Crippen MR) is 62.7 cm³/mol. The van der Waals surface area contributed by atoms with Crippen LogP contribution < -0.4 is 10.6 Å². The summed E-state index contributed by atoms with van der Waals surface area (Å²) in [5, 5.41) is 0. The zero-order valence-electron chi connectivity index (χ0n) is 9.79. The van der Waals surface area contributed by atoms with E-state index in [2.05, 4.69) is 0 Å². The summed E-state index contributed by atoms with van der Waals surface area (Å²) < 4.78 is 13.0. The molecule has 4 heteroatoms. The number of primary amides is 1. The Balaban J connectivity index is 1.88. The van der Waals surface area contributed by atoms with Gasteiger partial charge in [-0.05, 0) is 12.1 Å². The molecule has 0 atom stereocenters. The minimum absolute atomic E-state index is 0.0336. The van der Waals surface area contributed by atoms with Gasteiger partial charge in [0.25, 0.3) is 0 Å². The minimum atomic E-state index is -0.186. The summed E-state index contributed by atoms with van der Waals surface area (Å²) in [6.07, 6.45) is 1.69. The van der Waals surface area contributed by atoms with Gasteiger partial charge in [-0.1, -0.05) is 12.1 Å². The molecule has 1 fully saturated rings. The second-order valence-electron chi connectivity index (χ2n) is 4.73. The largest absolute Gasteiger partial charge is 0.369 e. The molecule has 0 radical (unpaired) electrons. The fraction of sp³-hybridized carbons (Fsp3) is 0.462. The standard InChI is InChI=1S/C13H17FN2O/c14-12-3-1-2-10(8-12)9-16-6-4-11(5-7-16)13(15)17/h1-3,8,11H,4-7,9H2,(H2,15,17)/p+1. The smallest absolute Gasteiger partial charge is 0.220 e. The van der Waals surface area contributed by atoms with E-state index >= 15 is 0 Å². The molecule has 3 N–H and O–H groups in total. The van der Waals surface area contributed by atoms with Crippen LogP contribution in [-0.2, 0) is 11.3 Å². The Bertz CT molecular complexity index is 400. The van der Waals surface area contributed by atoms with Crippen molar-refractivity contribution in [3.05, 3.63) is 35.6 Å². The molecular weight excluding hydrogens is 219 g/mol. The van der Waals surface area contributed by atoms with E-state index in [1.165, 1.54) is 11.0 Å². The molecule has 1 saturated heterocycles. The summed E-state index contributed by atoms with van der Waals surface area (Å²) in [5.41, 5.74) is 6.30. The Morgan fingerprint density at radius 1 is 1.41 bits per heavy atom. The summed E-state index contributed by atoms with van der Waals surface area (Å²) in [6.45, 7) is 2.69. The summed E-state index contributed by atoms with van der Waals surface area (Å²) in [7, 11) is 0. The average Bonchev–Trinajstić information content (AvgIpc) is 2.29. The highest BCUT2D eigenvalue weighted by atomic mass is 19.1. The molecule has 0 spiro atoms. The molecular formula is C13H18FN2O+. The average molecular weight is 237 g/mol. The lowest BCUT2D eigenvalue weighted by Crippen LogP contribution is -3.11. The molecule has 1 aliphatic heterocycles. The highest BCUT2D eigenvalue weighted by molar-refractivity contribution is 5.76. The van der Waals surface area contributed by atoms with Crippen molar-refractivity contribution in [1.82, 2.24) is 0 Å². The van der Waals surface area contributed by atoms with Gasteiger partial charge < -0.3 is 10.6 Å². The molecule has 0 aromatic heterocycles. The number of piperidine rings is 1. The molecule has 1 amide bonds. The molecule has 3 nitrogen and oxygen atoms in total. The van der Waals surface area contributed by atoms with E-state index in [1.54, 1.807) is 12.1 Å². The fourth-order valence-corrected chi connectivity index (χ4v) is 2.42. The number of benzene rings is 1. The Labute approximate surface area is 100 Å². The van der Waals surface area contributed by atoms with Gasteiger partial charge in [-0.3, -0.25) is 4.79 Å². The Morgan fingerprint density at radius 3 is 2.71 bits per heavy atom. The third-order valence-electron chi connectivity index (χ3n) is 3.44. The van der Waals surface area contributed by atoms with Crippen LogP contribution in [0, 0.1) is 11.7 Å². The summed E-state index contributed by atoms with van der Waals surface area (Å²) in [5.74, 6) is -0.338. The van der Waals surface area contributed by atoms with E-state index in [4.69, 9.17) is 5.73 Å². The Kier molecular flexibility index (Phi) is 3.74. The summed E-state index contributed by atoms with van der Waals surface area (Å²) >= 11 is 0. The van der Waals surface area contributed by atoms with Crippen LogP contribution in [0.25, 0.3) is 0 Å². The minimum Gasteiger partial charge on any atom is -0.369 e. The Morgan fingerprint density at radius 2 is 2.12 bits per heavy atom. The predicted octanol–water partition coefficient (Wildman–Crippen LogP) is 0.106. The van der Waals surface area contributed by atoms with Crippen LogP contribution in [0.4, 0.5) is 4.39 Å². The monoisotopic (exact) mass is 237 g/mol. The Hall–Kier alpha value is -1.42. The first kappa shape index (κ1) is 12.0. The van der Waals surface area contributed by atoms with Gasteiger partial charge in [-0.15, -0.1) is 0 Å². The van der Waals surface area contributed by atoms with E-state index < -0.39 is 0 Å². The lowest BCUT2D eigenvalue weighted by Gasteiger charge is -2.27. The first-order valence-electron chi connectivity index (χ1n) is 6.02. The van der Waals surface area contributed by atoms with Gasteiger partial charge in [0.05, 0.1) is 13.1 Å². The van der Waals surface area contributed by atoms with E-state index in [-0.39, 0.29) is 17.6 Å². The van der Waals surface area contributed by atoms with Crippen molar-refractivity contribution >= 4 is 5.91 Å². The molecule has 1 aromatic rings. The van der Waals surface area contributed by atoms with Gasteiger partial charge in [0, 0.05) is 24.3 Å². The number of carbonyl (C=O) groups is 1. The molecule has 0 unspecified atom stereocenters. The van der Waals surface area contributed by atoms with Crippen LogP contribution in [0.5, 0.6) is 0 Å². The van der Waals surface area contributed by atoms with Crippen molar-refractivity contribution in [2.75, 3.05) is 13.1 Å². The quantitative estimate of drug-likeness (QED) is 0.770. The fourth-order valence-electron chi connectivity index (χ4n) is 2.42. The zero-order valence-corrected chi connectivity index (χ0v) is 9.79. The number of carbonyl (C=O) groups excluding carboxylic acids is 1. The zero-order chi connectivity index (χ0) is 12.3. The van der Waals surface area contributed by atoms with E-state index in [9.17, 15) is 9.18 Å². The molecule has 1 heterocycles. The molecule has 17 heavy (non-hydrogen) atoms. The normalized spacial score (nSPS) is 24.5. The number of quaternary nitrogens is 1. The third kappa shape index (κ3) is 3.27. The van der Waals surface area contributed by atoms with E-state index in [1.807, 2.05) is 6.07 Å². The van der Waals surface area contributed by atoms with Crippen molar-refractivity contribution in [3.63, 3.8) is 0 Å². The topological polar surface area (TPSA) is 47.5 Å². The molecule has 1 aromatic carbocycles. The number of rotatable bonds is 3. The maximum atomic E-state index is 13.0. The first-order chi connectivity index (χ1) is 8.15. The van der Waals surface area contributed by atoms with Crippen LogP contribution in [-0.4, -0.2) is 19.0 Å². The van der Waals surface area contributed by atoms with Crippen LogP contribution in [0.2, 0.25) is 0 Å². The van der Waals surface area contributed by atoms with Gasteiger partial charge >= 0.3 is 0 Å². The van der Waals surface area contributed by atoms with Gasteiger partial charge in [0.1, 0.15) is 12.4 Å². The van der Waals surface area contributed by atoms with Gasteiger partial charge in [-0.2, -0.15) is 0 Å². The summed E-state index contributed by atoms with van der Waals surface area (Å²) in [6, 6.07) is 6.71. The third-order valence-corrected chi connectivity index (χ3v) is 3.44. The maximum absolute atomic E-state index is 13.0. The van der Waals surface area contributed by atoms with Gasteiger partial charge in [0.2, 0.25) is 5.91 Å². The van der Waals surface area contributed by atoms with Crippen molar-refractivity contribution in [2.24, 2.45) is 11.7 Å². The number of halogens is 1. The van der Waals surface area contributed by atoms with Crippen LogP contribution in [0.15, 0.2) is 24.3 Å². The molecule has 0 saturated carbocycles. The number of nitrogens with two attached hydrogens (primary N) is 1. The molecule has 2 rings (SSSR count). The second kappa shape index (κ2) is 5.27. The van der Waals surface area contributed by atoms with Gasteiger partial charge in [-0.25, -0.2) is 4.39 Å². The van der Waals surface area contributed by atoms with Crippen LogP contribution >= 0.6 is 0 Å². The molecule has 92 valence electrons. The number of hydrogen-bond donors (Lipinski definition) is 2. The highest BCUT2D eigenvalue weighted by Gasteiger charge is 2.25.